The number of ketones is 1. The molecule has 5 heteroatoms. The number of Topliss-reactive ketones (excluding diaryl/α,β-unsaturated/α-hetero) is 1. The Morgan fingerprint density at radius 3 is 2.56 bits per heavy atom. The van der Waals surface area contributed by atoms with E-state index in [-0.39, 0.29) is 18.1 Å². The van der Waals surface area contributed by atoms with Crippen molar-refractivity contribution in [3.63, 3.8) is 0 Å². The minimum absolute atomic E-state index is 0.142. The molecule has 3 nitrogen and oxygen atoms in total. The van der Waals surface area contributed by atoms with E-state index in [1.54, 1.807) is 0 Å². The summed E-state index contributed by atoms with van der Waals surface area (Å²) in [6, 6.07) is 2.45. The summed E-state index contributed by atoms with van der Waals surface area (Å²) < 4.78 is 31.7. The SMILES string of the molecule is CC(=O)COc1cc(F)c(F)cc1N(C)C1CC1. The molecule has 1 saturated carbocycles. The maximum absolute atomic E-state index is 13.3. The molecule has 1 aromatic rings. The molecule has 98 valence electrons. The van der Waals surface area contributed by atoms with Crippen LogP contribution in [0.3, 0.4) is 0 Å². The Balaban J connectivity index is 2.28. The first kappa shape index (κ1) is 12.8. The van der Waals surface area contributed by atoms with Crippen LogP contribution in [0, 0.1) is 11.6 Å². The minimum Gasteiger partial charge on any atom is -0.484 e. The molecule has 1 aliphatic rings. The molecule has 0 saturated heterocycles. The van der Waals surface area contributed by atoms with E-state index in [4.69, 9.17) is 4.74 Å². The molecule has 0 spiro atoms. The quantitative estimate of drug-likeness (QED) is 0.809. The van der Waals surface area contributed by atoms with E-state index in [9.17, 15) is 13.6 Å². The van der Waals surface area contributed by atoms with E-state index >= 15 is 0 Å². The molecule has 1 aliphatic carbocycles. The smallest absolute Gasteiger partial charge is 0.167 e. The predicted molar refractivity (Wildman–Crippen MR) is 64.0 cm³/mol. The largest absolute Gasteiger partial charge is 0.484 e. The van der Waals surface area contributed by atoms with Crippen molar-refractivity contribution in [2.24, 2.45) is 0 Å². The number of hydrogen-bond acceptors (Lipinski definition) is 3. The lowest BCUT2D eigenvalue weighted by Crippen LogP contribution is -2.21. The third-order valence-electron chi connectivity index (χ3n) is 2.91. The van der Waals surface area contributed by atoms with Crippen molar-refractivity contribution in [3.05, 3.63) is 23.8 Å². The fourth-order valence-corrected chi connectivity index (χ4v) is 1.75. The lowest BCUT2D eigenvalue weighted by Gasteiger charge is -2.22. The summed E-state index contributed by atoms with van der Waals surface area (Å²) in [6.45, 7) is 1.24. The fourth-order valence-electron chi connectivity index (χ4n) is 1.75. The number of rotatable bonds is 5. The third-order valence-corrected chi connectivity index (χ3v) is 2.91. The highest BCUT2D eigenvalue weighted by Gasteiger charge is 2.29. The molecule has 0 radical (unpaired) electrons. The Bertz CT molecular complexity index is 472. The number of anilines is 1. The topological polar surface area (TPSA) is 29.5 Å². The van der Waals surface area contributed by atoms with Crippen LogP contribution < -0.4 is 9.64 Å². The van der Waals surface area contributed by atoms with E-state index in [0.717, 1.165) is 25.0 Å². The first-order chi connectivity index (χ1) is 8.49. The van der Waals surface area contributed by atoms with Crippen molar-refractivity contribution in [2.75, 3.05) is 18.6 Å². The first-order valence-corrected chi connectivity index (χ1v) is 5.83. The second-order valence-corrected chi connectivity index (χ2v) is 4.57. The van der Waals surface area contributed by atoms with Crippen LogP contribution in [0.5, 0.6) is 5.75 Å². The van der Waals surface area contributed by atoms with Gasteiger partial charge in [0.15, 0.2) is 17.4 Å². The van der Waals surface area contributed by atoms with Crippen LogP contribution in [0.2, 0.25) is 0 Å². The highest BCUT2D eigenvalue weighted by atomic mass is 19.2. The van der Waals surface area contributed by atoms with Crippen LogP contribution in [-0.4, -0.2) is 25.5 Å². The monoisotopic (exact) mass is 255 g/mol. The van der Waals surface area contributed by atoms with Crippen molar-refractivity contribution in [3.8, 4) is 5.75 Å². The summed E-state index contributed by atoms with van der Waals surface area (Å²) >= 11 is 0. The van der Waals surface area contributed by atoms with Gasteiger partial charge >= 0.3 is 0 Å². The van der Waals surface area contributed by atoms with Crippen LogP contribution in [0.25, 0.3) is 0 Å². The third kappa shape index (κ3) is 2.78. The zero-order chi connectivity index (χ0) is 13.3. The molecule has 18 heavy (non-hydrogen) atoms. The molecule has 0 bridgehead atoms. The number of ether oxygens (including phenoxy) is 1. The van der Waals surface area contributed by atoms with Gasteiger partial charge in [-0.2, -0.15) is 0 Å². The fraction of sp³-hybridized carbons (Fsp3) is 0.462. The lowest BCUT2D eigenvalue weighted by molar-refractivity contribution is -0.118. The van der Waals surface area contributed by atoms with Crippen LogP contribution in [0.1, 0.15) is 19.8 Å². The van der Waals surface area contributed by atoms with E-state index in [0.29, 0.717) is 11.7 Å². The Kier molecular flexibility index (Phi) is 3.50. The molecule has 0 amide bonds. The zero-order valence-corrected chi connectivity index (χ0v) is 10.4. The highest BCUT2D eigenvalue weighted by Crippen LogP contribution is 2.37. The van der Waals surface area contributed by atoms with Gasteiger partial charge in [-0.05, 0) is 19.8 Å². The zero-order valence-electron chi connectivity index (χ0n) is 10.4. The lowest BCUT2D eigenvalue weighted by atomic mass is 10.2. The molecule has 1 fully saturated rings. The standard InChI is InChI=1S/C13H15F2NO2/c1-8(17)7-18-13-6-11(15)10(14)5-12(13)16(2)9-3-4-9/h5-6,9H,3-4,7H2,1-2H3. The van der Waals surface area contributed by atoms with E-state index in [2.05, 4.69) is 0 Å². The Morgan fingerprint density at radius 2 is 2.00 bits per heavy atom. The van der Waals surface area contributed by atoms with Crippen molar-refractivity contribution in [2.45, 2.75) is 25.8 Å². The van der Waals surface area contributed by atoms with Gasteiger partial charge in [0.2, 0.25) is 0 Å². The van der Waals surface area contributed by atoms with Gasteiger partial charge < -0.3 is 9.64 Å². The van der Waals surface area contributed by atoms with E-state index in [1.165, 1.54) is 6.92 Å². The summed E-state index contributed by atoms with van der Waals surface area (Å²) in [7, 11) is 1.81. The second-order valence-electron chi connectivity index (χ2n) is 4.57. The second kappa shape index (κ2) is 4.92. The Labute approximate surface area is 104 Å². The maximum atomic E-state index is 13.3. The van der Waals surface area contributed by atoms with Gasteiger partial charge in [-0.25, -0.2) is 8.78 Å². The van der Waals surface area contributed by atoms with Gasteiger partial charge in [-0.3, -0.25) is 4.79 Å². The molecule has 0 unspecified atom stereocenters. The van der Waals surface area contributed by atoms with E-state index in [1.807, 2.05) is 11.9 Å². The van der Waals surface area contributed by atoms with Crippen molar-refractivity contribution in [1.82, 2.24) is 0 Å². The first-order valence-electron chi connectivity index (χ1n) is 5.83. The highest BCUT2D eigenvalue weighted by molar-refractivity contribution is 5.77. The van der Waals surface area contributed by atoms with Gasteiger partial charge in [0, 0.05) is 25.2 Å². The number of nitrogens with zero attached hydrogens (tertiary/aromatic N) is 1. The summed E-state index contributed by atoms with van der Waals surface area (Å²) in [5.74, 6) is -1.84. The molecule has 0 N–H and O–H groups in total. The Hall–Kier alpha value is -1.65. The number of carbonyl (C=O) groups excluding carboxylic acids is 1. The average Bonchev–Trinajstić information content (AvgIpc) is 3.13. The maximum Gasteiger partial charge on any atom is 0.167 e. The molecule has 0 atom stereocenters. The molecular weight excluding hydrogens is 240 g/mol. The minimum atomic E-state index is -0.971. The number of benzene rings is 1. The number of hydrogen-bond donors (Lipinski definition) is 0. The molecule has 0 aromatic heterocycles. The summed E-state index contributed by atoms with van der Waals surface area (Å²) in [5.41, 5.74) is 0.484. The van der Waals surface area contributed by atoms with Gasteiger partial charge in [0.05, 0.1) is 5.69 Å². The van der Waals surface area contributed by atoms with Gasteiger partial charge in [0.1, 0.15) is 12.4 Å². The summed E-state index contributed by atoms with van der Waals surface area (Å²) in [4.78, 5) is 12.7. The van der Waals surface area contributed by atoms with Crippen molar-refractivity contribution >= 4 is 11.5 Å². The number of halogens is 2. The van der Waals surface area contributed by atoms with Crippen molar-refractivity contribution in [1.29, 1.82) is 0 Å². The average molecular weight is 255 g/mol. The van der Waals surface area contributed by atoms with Crippen LogP contribution in [0.15, 0.2) is 12.1 Å². The van der Waals surface area contributed by atoms with Gasteiger partial charge in [-0.1, -0.05) is 0 Å². The number of carbonyl (C=O) groups is 1. The molecule has 0 heterocycles. The molecule has 0 aliphatic heterocycles. The van der Waals surface area contributed by atoms with Gasteiger partial charge in [0.25, 0.3) is 0 Å². The normalized spacial score (nSPS) is 14.4. The predicted octanol–water partition coefficient (Wildman–Crippen LogP) is 2.53. The molecule has 2 rings (SSSR count). The van der Waals surface area contributed by atoms with E-state index < -0.39 is 11.6 Å². The molecular formula is C13H15F2NO2. The summed E-state index contributed by atoms with van der Waals surface area (Å²) in [6.07, 6.45) is 2.06. The van der Waals surface area contributed by atoms with Gasteiger partial charge in [-0.15, -0.1) is 0 Å². The van der Waals surface area contributed by atoms with Crippen LogP contribution in [0.4, 0.5) is 14.5 Å². The Morgan fingerprint density at radius 1 is 1.39 bits per heavy atom. The van der Waals surface area contributed by atoms with Crippen LogP contribution in [-0.2, 0) is 4.79 Å². The van der Waals surface area contributed by atoms with Crippen LogP contribution >= 0.6 is 0 Å². The van der Waals surface area contributed by atoms with Crippen molar-refractivity contribution < 1.29 is 18.3 Å². The summed E-state index contributed by atoms with van der Waals surface area (Å²) in [5, 5.41) is 0. The molecule has 1 aromatic carbocycles.